The van der Waals surface area contributed by atoms with E-state index >= 15 is 0 Å². The number of carboxylic acid groups (broad SMARTS) is 1. The van der Waals surface area contributed by atoms with Gasteiger partial charge in [0.15, 0.2) is 0 Å². The molecule has 0 spiro atoms. The van der Waals surface area contributed by atoms with Gasteiger partial charge in [-0.25, -0.2) is 14.0 Å². The number of aliphatic carboxylic acids is 1. The highest BCUT2D eigenvalue weighted by Crippen LogP contribution is 2.23. The number of nitrogens with two attached hydrogens (primary N) is 1. The molecule has 0 amide bonds. The normalized spacial score (nSPS) is 14.6. The van der Waals surface area contributed by atoms with Gasteiger partial charge < -0.3 is 15.6 Å². The number of rotatable bonds is 3. The summed E-state index contributed by atoms with van der Waals surface area (Å²) in [5.74, 6) is -3.21. The number of carboxylic acids is 1. The van der Waals surface area contributed by atoms with E-state index in [1.165, 1.54) is 0 Å². The van der Waals surface area contributed by atoms with E-state index < -0.39 is 28.9 Å². The Kier molecular flexibility index (Phi) is 3.95. The van der Waals surface area contributed by atoms with Crippen LogP contribution in [0.3, 0.4) is 0 Å². The van der Waals surface area contributed by atoms with Crippen LogP contribution in [0.4, 0.5) is 4.39 Å². The summed E-state index contributed by atoms with van der Waals surface area (Å²) < 4.78 is 17.9. The quantitative estimate of drug-likeness (QED) is 0.639. The zero-order valence-corrected chi connectivity index (χ0v) is 10.9. The molecule has 5 nitrogen and oxygen atoms in total. The van der Waals surface area contributed by atoms with Gasteiger partial charge in [0.1, 0.15) is 11.4 Å². The third kappa shape index (κ3) is 3.29. The van der Waals surface area contributed by atoms with E-state index in [1.807, 2.05) is 0 Å². The fourth-order valence-corrected chi connectivity index (χ4v) is 1.40. The Balaban J connectivity index is 3.21. The fraction of sp³-hybridized carbons (Fsp3) is 0.385. The minimum Gasteiger partial charge on any atom is -0.479 e. The van der Waals surface area contributed by atoms with Crippen LogP contribution in [-0.4, -0.2) is 22.6 Å². The number of benzene rings is 1. The molecule has 0 aromatic heterocycles. The summed E-state index contributed by atoms with van der Waals surface area (Å²) in [5, 5.41) is 9.20. The Morgan fingerprint density at radius 1 is 1.21 bits per heavy atom. The summed E-state index contributed by atoms with van der Waals surface area (Å²) in [5.41, 5.74) is 2.38. The molecule has 0 aliphatic carbocycles. The lowest BCUT2D eigenvalue weighted by Crippen LogP contribution is -2.54. The maximum Gasteiger partial charge on any atom is 0.343 e. The van der Waals surface area contributed by atoms with Crippen LogP contribution in [0.2, 0.25) is 0 Å². The van der Waals surface area contributed by atoms with Gasteiger partial charge in [-0.05, 0) is 38.5 Å². The van der Waals surface area contributed by atoms with Gasteiger partial charge in [0.2, 0.25) is 5.54 Å². The molecule has 0 heterocycles. The van der Waals surface area contributed by atoms with Gasteiger partial charge in [0, 0.05) is 0 Å². The second-order valence-electron chi connectivity index (χ2n) is 5.12. The summed E-state index contributed by atoms with van der Waals surface area (Å²) in [6, 6.07) is 4.36. The zero-order valence-electron chi connectivity index (χ0n) is 10.9. The Bertz CT molecular complexity index is 492. The third-order valence-corrected chi connectivity index (χ3v) is 2.36. The molecule has 3 N–H and O–H groups in total. The minimum atomic E-state index is -2.36. The summed E-state index contributed by atoms with van der Waals surface area (Å²) in [7, 11) is 0. The number of ether oxygens (including phenoxy) is 1. The maximum atomic E-state index is 12.8. The highest BCUT2D eigenvalue weighted by molar-refractivity contribution is 6.04. The summed E-state index contributed by atoms with van der Waals surface area (Å²) >= 11 is 0. The molecule has 0 bridgehead atoms. The van der Waals surface area contributed by atoms with Crippen LogP contribution in [0, 0.1) is 5.82 Å². The van der Waals surface area contributed by atoms with Crippen molar-refractivity contribution in [2.75, 3.05) is 0 Å². The van der Waals surface area contributed by atoms with Crippen LogP contribution in [0.5, 0.6) is 0 Å². The number of carbonyl (C=O) groups excluding carboxylic acids is 1. The molecule has 104 valence electrons. The lowest BCUT2D eigenvalue weighted by Gasteiger charge is -2.28. The Hall–Kier alpha value is -1.95. The van der Waals surface area contributed by atoms with Crippen molar-refractivity contribution in [1.29, 1.82) is 0 Å². The average Bonchev–Trinajstić information content (AvgIpc) is 2.26. The predicted octanol–water partition coefficient (Wildman–Crippen LogP) is 1.41. The first kappa shape index (κ1) is 15.1. The number of hydrogen-bond acceptors (Lipinski definition) is 4. The van der Waals surface area contributed by atoms with Crippen molar-refractivity contribution < 1.29 is 23.8 Å². The SMILES string of the molecule is CC(C)(C)OC(=O)[C@@](N)(C(=O)O)c1ccc(F)cc1. The number of halogens is 1. The highest BCUT2D eigenvalue weighted by Gasteiger charge is 2.47. The Morgan fingerprint density at radius 2 is 1.68 bits per heavy atom. The van der Waals surface area contributed by atoms with Crippen molar-refractivity contribution in [3.8, 4) is 0 Å². The van der Waals surface area contributed by atoms with Crippen LogP contribution in [0.25, 0.3) is 0 Å². The van der Waals surface area contributed by atoms with Gasteiger partial charge in [-0.2, -0.15) is 0 Å². The lowest BCUT2D eigenvalue weighted by atomic mass is 9.91. The van der Waals surface area contributed by atoms with E-state index in [1.54, 1.807) is 20.8 Å². The molecule has 1 aromatic rings. The van der Waals surface area contributed by atoms with E-state index in [0.717, 1.165) is 24.3 Å². The van der Waals surface area contributed by atoms with Crippen LogP contribution >= 0.6 is 0 Å². The molecule has 0 unspecified atom stereocenters. The first-order chi connectivity index (χ1) is 8.57. The Morgan fingerprint density at radius 3 is 2.05 bits per heavy atom. The van der Waals surface area contributed by atoms with Crippen molar-refractivity contribution in [3.05, 3.63) is 35.6 Å². The molecule has 1 rings (SSSR count). The van der Waals surface area contributed by atoms with E-state index in [9.17, 15) is 19.1 Å². The predicted molar refractivity (Wildman–Crippen MR) is 65.7 cm³/mol. The largest absolute Gasteiger partial charge is 0.479 e. The highest BCUT2D eigenvalue weighted by atomic mass is 19.1. The van der Waals surface area contributed by atoms with Crippen LogP contribution < -0.4 is 5.73 Å². The summed E-state index contributed by atoms with van der Waals surface area (Å²) in [6.07, 6.45) is 0. The standard InChI is InChI=1S/C13H16FNO4/c1-12(2,3)19-11(18)13(15,10(16)17)8-4-6-9(14)7-5-8/h4-7H,15H2,1-3H3,(H,16,17)/t13-/m0/s1. The Labute approximate surface area is 110 Å². The summed E-state index contributed by atoms with van der Waals surface area (Å²) in [6.45, 7) is 4.79. The molecule has 0 aliphatic rings. The van der Waals surface area contributed by atoms with Crippen LogP contribution in [0.15, 0.2) is 24.3 Å². The molecule has 0 fully saturated rings. The first-order valence-electron chi connectivity index (χ1n) is 5.59. The third-order valence-electron chi connectivity index (χ3n) is 2.36. The minimum absolute atomic E-state index is 0.0457. The fourth-order valence-electron chi connectivity index (χ4n) is 1.40. The van der Waals surface area contributed by atoms with Gasteiger partial charge in [0.05, 0.1) is 0 Å². The average molecular weight is 269 g/mol. The molecular weight excluding hydrogens is 253 g/mol. The molecule has 0 saturated carbocycles. The first-order valence-corrected chi connectivity index (χ1v) is 5.59. The number of hydrogen-bond donors (Lipinski definition) is 2. The number of carbonyl (C=O) groups is 2. The van der Waals surface area contributed by atoms with E-state index in [2.05, 4.69) is 0 Å². The molecule has 1 atom stereocenters. The maximum absolute atomic E-state index is 12.8. The van der Waals surface area contributed by atoms with Crippen molar-refractivity contribution >= 4 is 11.9 Å². The molecule has 0 aliphatic heterocycles. The molecular formula is C13H16FNO4. The molecule has 1 aromatic carbocycles. The van der Waals surface area contributed by atoms with E-state index in [0.29, 0.717) is 0 Å². The van der Waals surface area contributed by atoms with Crippen LogP contribution in [-0.2, 0) is 19.9 Å². The van der Waals surface area contributed by atoms with E-state index in [4.69, 9.17) is 10.5 Å². The second-order valence-corrected chi connectivity index (χ2v) is 5.12. The lowest BCUT2D eigenvalue weighted by molar-refractivity contribution is -0.169. The van der Waals surface area contributed by atoms with Gasteiger partial charge in [-0.1, -0.05) is 12.1 Å². The monoisotopic (exact) mass is 269 g/mol. The van der Waals surface area contributed by atoms with Crippen molar-refractivity contribution in [3.63, 3.8) is 0 Å². The molecule has 19 heavy (non-hydrogen) atoms. The van der Waals surface area contributed by atoms with Crippen molar-refractivity contribution in [2.24, 2.45) is 5.73 Å². The number of esters is 1. The van der Waals surface area contributed by atoms with Gasteiger partial charge in [0.25, 0.3) is 0 Å². The van der Waals surface area contributed by atoms with Crippen molar-refractivity contribution in [2.45, 2.75) is 31.9 Å². The smallest absolute Gasteiger partial charge is 0.343 e. The van der Waals surface area contributed by atoms with E-state index in [-0.39, 0.29) is 5.56 Å². The molecule has 6 heteroatoms. The van der Waals surface area contributed by atoms with Gasteiger partial charge in [-0.3, -0.25) is 0 Å². The molecule has 0 radical (unpaired) electrons. The van der Waals surface area contributed by atoms with Gasteiger partial charge in [-0.15, -0.1) is 0 Å². The van der Waals surface area contributed by atoms with Crippen LogP contribution in [0.1, 0.15) is 26.3 Å². The molecule has 0 saturated heterocycles. The summed E-state index contributed by atoms with van der Waals surface area (Å²) in [4.78, 5) is 23.3. The van der Waals surface area contributed by atoms with Gasteiger partial charge >= 0.3 is 11.9 Å². The zero-order chi connectivity index (χ0) is 14.8. The topological polar surface area (TPSA) is 89.6 Å². The van der Waals surface area contributed by atoms with Crippen molar-refractivity contribution in [1.82, 2.24) is 0 Å². The second kappa shape index (κ2) is 4.97.